The lowest BCUT2D eigenvalue weighted by Crippen LogP contribution is -2.04. The molecule has 2 rings (SSSR count). The number of aromatic nitrogens is 2. The van der Waals surface area contributed by atoms with Gasteiger partial charge in [0.05, 0.1) is 11.3 Å². The number of halogens is 3. The molecule has 0 saturated carbocycles. The molecule has 0 fully saturated rings. The van der Waals surface area contributed by atoms with Gasteiger partial charge in [0.1, 0.15) is 5.82 Å². The number of H-pyrrole nitrogens is 1. The summed E-state index contributed by atoms with van der Waals surface area (Å²) in [4.78, 5) is 7.26. The van der Waals surface area contributed by atoms with E-state index >= 15 is 0 Å². The molecule has 2 aromatic rings. The minimum absolute atomic E-state index is 0.591. The summed E-state index contributed by atoms with van der Waals surface area (Å²) >= 11 is 0. The summed E-state index contributed by atoms with van der Waals surface area (Å²) in [6.07, 6.45) is -4.30. The average molecular weight is 240 g/mol. The Bertz CT molecular complexity index is 504. The topological polar surface area (TPSA) is 28.7 Å². The van der Waals surface area contributed by atoms with E-state index in [1.165, 1.54) is 12.1 Å². The van der Waals surface area contributed by atoms with Crippen molar-refractivity contribution in [2.45, 2.75) is 20.0 Å². The lowest BCUT2D eigenvalue weighted by atomic mass is 10.1. The smallest absolute Gasteiger partial charge is 0.342 e. The summed E-state index contributed by atoms with van der Waals surface area (Å²) in [5, 5.41) is 0. The molecule has 1 heterocycles. The van der Waals surface area contributed by atoms with E-state index in [1.54, 1.807) is 0 Å². The third-order valence-corrected chi connectivity index (χ3v) is 2.61. The number of aromatic amines is 1. The van der Waals surface area contributed by atoms with E-state index in [-0.39, 0.29) is 0 Å². The van der Waals surface area contributed by atoms with Gasteiger partial charge in [-0.15, -0.1) is 0 Å². The standard InChI is InChI=1S/C12H11F3N2/c1-7-8(2)17-11(16-7)9-3-5-10(6-4-9)12(13,14)15/h3-6H,1-2H3,(H,16,17). The van der Waals surface area contributed by atoms with Gasteiger partial charge in [0.15, 0.2) is 0 Å². The summed E-state index contributed by atoms with van der Waals surface area (Å²) in [7, 11) is 0. The van der Waals surface area contributed by atoms with Crippen molar-refractivity contribution in [3.8, 4) is 11.4 Å². The Morgan fingerprint density at radius 2 is 1.65 bits per heavy atom. The summed E-state index contributed by atoms with van der Waals surface area (Å²) in [5.41, 5.74) is 1.76. The van der Waals surface area contributed by atoms with Gasteiger partial charge in [-0.25, -0.2) is 4.98 Å². The van der Waals surface area contributed by atoms with E-state index in [0.717, 1.165) is 23.5 Å². The van der Waals surface area contributed by atoms with E-state index in [4.69, 9.17) is 0 Å². The maximum absolute atomic E-state index is 12.4. The first-order valence-electron chi connectivity index (χ1n) is 5.09. The van der Waals surface area contributed by atoms with Gasteiger partial charge in [-0.1, -0.05) is 12.1 Å². The highest BCUT2D eigenvalue weighted by Gasteiger charge is 2.30. The van der Waals surface area contributed by atoms with Gasteiger partial charge in [0, 0.05) is 11.3 Å². The zero-order valence-electron chi connectivity index (χ0n) is 9.39. The van der Waals surface area contributed by atoms with Gasteiger partial charge in [-0.3, -0.25) is 0 Å². The van der Waals surface area contributed by atoms with E-state index in [2.05, 4.69) is 9.97 Å². The second-order valence-corrected chi connectivity index (χ2v) is 3.87. The monoisotopic (exact) mass is 240 g/mol. The van der Waals surface area contributed by atoms with Gasteiger partial charge in [-0.05, 0) is 26.0 Å². The molecule has 1 N–H and O–H groups in total. The predicted octanol–water partition coefficient (Wildman–Crippen LogP) is 3.71. The molecular weight excluding hydrogens is 229 g/mol. The number of nitrogens with one attached hydrogen (secondary N) is 1. The zero-order chi connectivity index (χ0) is 12.6. The Morgan fingerprint density at radius 1 is 1.06 bits per heavy atom. The van der Waals surface area contributed by atoms with Crippen molar-refractivity contribution < 1.29 is 13.2 Å². The van der Waals surface area contributed by atoms with E-state index in [9.17, 15) is 13.2 Å². The molecule has 1 aromatic heterocycles. The number of imidazole rings is 1. The van der Waals surface area contributed by atoms with Gasteiger partial charge in [0.2, 0.25) is 0 Å². The molecule has 0 atom stereocenters. The Morgan fingerprint density at radius 3 is 2.06 bits per heavy atom. The maximum Gasteiger partial charge on any atom is 0.416 e. The molecule has 0 saturated heterocycles. The number of aryl methyl sites for hydroxylation is 2. The molecule has 0 unspecified atom stereocenters. The van der Waals surface area contributed by atoms with Crippen LogP contribution in [0.5, 0.6) is 0 Å². The Labute approximate surface area is 96.5 Å². The first-order chi connectivity index (χ1) is 7.88. The Balaban J connectivity index is 2.36. The Kier molecular flexibility index (Phi) is 2.69. The second-order valence-electron chi connectivity index (χ2n) is 3.87. The summed E-state index contributed by atoms with van der Waals surface area (Å²) < 4.78 is 37.1. The second kappa shape index (κ2) is 3.91. The first-order valence-corrected chi connectivity index (χ1v) is 5.09. The lowest BCUT2D eigenvalue weighted by molar-refractivity contribution is -0.137. The van der Waals surface area contributed by atoms with Gasteiger partial charge in [-0.2, -0.15) is 13.2 Å². The fraction of sp³-hybridized carbons (Fsp3) is 0.250. The van der Waals surface area contributed by atoms with Crippen LogP contribution in [-0.4, -0.2) is 9.97 Å². The summed E-state index contributed by atoms with van der Waals surface area (Å²) in [6, 6.07) is 4.95. The average Bonchev–Trinajstić information content (AvgIpc) is 2.58. The molecule has 1 aromatic carbocycles. The Hall–Kier alpha value is -1.78. The number of rotatable bonds is 1. The highest BCUT2D eigenvalue weighted by atomic mass is 19.4. The summed E-state index contributed by atoms with van der Waals surface area (Å²) in [5.74, 6) is 0.591. The molecule has 2 nitrogen and oxygen atoms in total. The molecule has 0 aliphatic heterocycles. The third-order valence-electron chi connectivity index (χ3n) is 2.61. The number of hydrogen-bond donors (Lipinski definition) is 1. The van der Waals surface area contributed by atoms with Crippen molar-refractivity contribution in [1.82, 2.24) is 9.97 Å². The molecule has 0 bridgehead atoms. The number of benzene rings is 1. The van der Waals surface area contributed by atoms with E-state index < -0.39 is 11.7 Å². The molecule has 0 aliphatic carbocycles. The van der Waals surface area contributed by atoms with Gasteiger partial charge in [0.25, 0.3) is 0 Å². The minimum Gasteiger partial charge on any atom is -0.342 e. The molecule has 0 aliphatic rings. The molecule has 90 valence electrons. The van der Waals surface area contributed by atoms with Crippen LogP contribution in [0.3, 0.4) is 0 Å². The molecule has 17 heavy (non-hydrogen) atoms. The van der Waals surface area contributed by atoms with Crippen molar-refractivity contribution >= 4 is 0 Å². The van der Waals surface area contributed by atoms with Crippen LogP contribution in [0.15, 0.2) is 24.3 Å². The predicted molar refractivity (Wildman–Crippen MR) is 58.5 cm³/mol. The van der Waals surface area contributed by atoms with Crippen molar-refractivity contribution in [2.75, 3.05) is 0 Å². The lowest BCUT2D eigenvalue weighted by Gasteiger charge is -2.06. The van der Waals surface area contributed by atoms with Crippen LogP contribution >= 0.6 is 0 Å². The molecular formula is C12H11F3N2. The quantitative estimate of drug-likeness (QED) is 0.808. The molecule has 0 amide bonds. The number of nitrogens with zero attached hydrogens (tertiary/aromatic N) is 1. The van der Waals surface area contributed by atoms with E-state index in [0.29, 0.717) is 11.4 Å². The van der Waals surface area contributed by atoms with E-state index in [1.807, 2.05) is 13.8 Å². The van der Waals surface area contributed by atoms with Crippen molar-refractivity contribution in [1.29, 1.82) is 0 Å². The molecule has 0 spiro atoms. The van der Waals surface area contributed by atoms with Crippen LogP contribution in [0.1, 0.15) is 17.0 Å². The van der Waals surface area contributed by atoms with Crippen LogP contribution < -0.4 is 0 Å². The van der Waals surface area contributed by atoms with Crippen LogP contribution in [-0.2, 0) is 6.18 Å². The van der Waals surface area contributed by atoms with Crippen LogP contribution in [0, 0.1) is 13.8 Å². The van der Waals surface area contributed by atoms with Gasteiger partial charge < -0.3 is 4.98 Å². The zero-order valence-corrected chi connectivity index (χ0v) is 9.39. The van der Waals surface area contributed by atoms with Gasteiger partial charge >= 0.3 is 6.18 Å². The number of hydrogen-bond acceptors (Lipinski definition) is 1. The van der Waals surface area contributed by atoms with Crippen molar-refractivity contribution in [3.63, 3.8) is 0 Å². The normalized spacial score (nSPS) is 11.8. The van der Waals surface area contributed by atoms with Crippen molar-refractivity contribution in [2.24, 2.45) is 0 Å². The first kappa shape index (κ1) is 11.7. The molecule has 0 radical (unpaired) electrons. The minimum atomic E-state index is -4.30. The van der Waals surface area contributed by atoms with Crippen molar-refractivity contribution in [3.05, 3.63) is 41.2 Å². The summed E-state index contributed by atoms with van der Waals surface area (Å²) in [6.45, 7) is 3.72. The highest BCUT2D eigenvalue weighted by molar-refractivity contribution is 5.56. The SMILES string of the molecule is Cc1nc(-c2ccc(C(F)(F)F)cc2)[nH]c1C. The van der Waals surface area contributed by atoms with Crippen LogP contribution in [0.4, 0.5) is 13.2 Å². The van der Waals surface area contributed by atoms with Crippen LogP contribution in [0.2, 0.25) is 0 Å². The largest absolute Gasteiger partial charge is 0.416 e. The third kappa shape index (κ3) is 2.33. The number of alkyl halides is 3. The fourth-order valence-electron chi connectivity index (χ4n) is 1.50. The molecule has 5 heteroatoms. The maximum atomic E-state index is 12.4. The fourth-order valence-corrected chi connectivity index (χ4v) is 1.50. The van der Waals surface area contributed by atoms with Crippen LogP contribution in [0.25, 0.3) is 11.4 Å². The highest BCUT2D eigenvalue weighted by Crippen LogP contribution is 2.30.